The minimum absolute atomic E-state index is 0.210. The topological polar surface area (TPSA) is 46.3 Å². The number of amides is 1. The van der Waals surface area contributed by atoms with Gasteiger partial charge in [0.1, 0.15) is 0 Å². The van der Waals surface area contributed by atoms with Gasteiger partial charge in [0.05, 0.1) is 0 Å². The predicted molar refractivity (Wildman–Crippen MR) is 71.9 cm³/mol. The van der Waals surface area contributed by atoms with Gasteiger partial charge in [0.25, 0.3) is 0 Å². The van der Waals surface area contributed by atoms with E-state index in [1.807, 2.05) is 0 Å². The van der Waals surface area contributed by atoms with E-state index in [0.29, 0.717) is 5.91 Å². The number of nitrogens with zero attached hydrogens (tertiary/aromatic N) is 1. The normalized spacial score (nSPS) is 39.7. The number of hydrogen-bond acceptors (Lipinski definition) is 2. The molecule has 1 amide bonds. The number of carbonyl (C=O) groups is 1. The molecule has 4 atom stereocenters. The van der Waals surface area contributed by atoms with E-state index in [4.69, 9.17) is 5.73 Å². The lowest BCUT2D eigenvalue weighted by molar-refractivity contribution is -0.135. The van der Waals surface area contributed by atoms with Gasteiger partial charge >= 0.3 is 0 Å². The van der Waals surface area contributed by atoms with Gasteiger partial charge in [-0.1, -0.05) is 18.6 Å². The smallest absolute Gasteiger partial charge is 0.225 e. The third-order valence-corrected chi connectivity index (χ3v) is 5.00. The molecule has 18 heavy (non-hydrogen) atoms. The quantitative estimate of drug-likeness (QED) is 0.721. The number of nitrogens with two attached hydrogens (primary N) is 1. The second kappa shape index (κ2) is 5.04. The van der Waals surface area contributed by atoms with Gasteiger partial charge in [-0.15, -0.1) is 0 Å². The zero-order chi connectivity index (χ0) is 12.5. The summed E-state index contributed by atoms with van der Waals surface area (Å²) in [4.78, 5) is 14.7. The number of allylic oxidation sites excluding steroid dienone is 2. The van der Waals surface area contributed by atoms with Crippen LogP contribution in [0.3, 0.4) is 0 Å². The first-order chi connectivity index (χ1) is 8.74. The first-order valence-electron chi connectivity index (χ1n) is 7.43. The highest BCUT2D eigenvalue weighted by Gasteiger charge is 2.38. The maximum absolute atomic E-state index is 12.5. The Balaban J connectivity index is 1.60. The summed E-state index contributed by atoms with van der Waals surface area (Å²) in [5.74, 6) is 2.04. The largest absolute Gasteiger partial charge is 0.342 e. The first kappa shape index (κ1) is 12.2. The van der Waals surface area contributed by atoms with Crippen molar-refractivity contribution < 1.29 is 4.79 Å². The SMILES string of the molecule is N[C@H]1CCC[C@@H](C(=O)N2C[C@H]3CC=CC[C@H]3C2)C1. The summed E-state index contributed by atoms with van der Waals surface area (Å²) >= 11 is 0. The van der Waals surface area contributed by atoms with E-state index in [1.54, 1.807) is 0 Å². The standard InChI is InChI=1S/C15H24N2O/c16-14-7-3-6-11(8-14)15(18)17-9-12-4-1-2-5-13(12)10-17/h1-2,11-14H,3-10,16H2/t11-,12-,13+,14+/m1/s1. The minimum atomic E-state index is 0.210. The fourth-order valence-electron chi connectivity index (χ4n) is 3.90. The molecule has 2 fully saturated rings. The molecule has 3 heteroatoms. The highest BCUT2D eigenvalue weighted by molar-refractivity contribution is 5.79. The molecule has 0 radical (unpaired) electrons. The Bertz CT molecular complexity index is 336. The summed E-state index contributed by atoms with van der Waals surface area (Å²) in [5, 5.41) is 0. The highest BCUT2D eigenvalue weighted by Crippen LogP contribution is 2.35. The number of rotatable bonds is 1. The predicted octanol–water partition coefficient (Wildman–Crippen LogP) is 1.93. The average Bonchev–Trinajstić information content (AvgIpc) is 2.81. The van der Waals surface area contributed by atoms with E-state index in [-0.39, 0.29) is 12.0 Å². The van der Waals surface area contributed by atoms with E-state index >= 15 is 0 Å². The van der Waals surface area contributed by atoms with E-state index < -0.39 is 0 Å². The summed E-state index contributed by atoms with van der Waals surface area (Å²) in [7, 11) is 0. The maximum atomic E-state index is 12.5. The van der Waals surface area contributed by atoms with Crippen molar-refractivity contribution in [2.45, 2.75) is 44.6 Å². The fourth-order valence-corrected chi connectivity index (χ4v) is 3.90. The molecule has 0 unspecified atom stereocenters. The summed E-state index contributed by atoms with van der Waals surface area (Å²) in [6, 6.07) is 0.249. The van der Waals surface area contributed by atoms with Crippen LogP contribution in [0.4, 0.5) is 0 Å². The van der Waals surface area contributed by atoms with Crippen molar-refractivity contribution in [1.29, 1.82) is 0 Å². The van der Waals surface area contributed by atoms with Crippen molar-refractivity contribution in [3.05, 3.63) is 12.2 Å². The Morgan fingerprint density at radius 3 is 2.39 bits per heavy atom. The lowest BCUT2D eigenvalue weighted by Crippen LogP contribution is -2.39. The number of fused-ring (bicyclic) bond motifs is 1. The monoisotopic (exact) mass is 248 g/mol. The van der Waals surface area contributed by atoms with Crippen LogP contribution in [-0.2, 0) is 4.79 Å². The summed E-state index contributed by atoms with van der Waals surface area (Å²) in [5.41, 5.74) is 6.00. The van der Waals surface area contributed by atoms with Crippen molar-refractivity contribution in [3.63, 3.8) is 0 Å². The molecule has 1 heterocycles. The molecule has 1 aliphatic heterocycles. The molecule has 0 bridgehead atoms. The van der Waals surface area contributed by atoms with E-state index in [1.165, 1.54) is 12.8 Å². The van der Waals surface area contributed by atoms with Gasteiger partial charge in [-0.05, 0) is 43.9 Å². The Kier molecular flexibility index (Phi) is 3.42. The van der Waals surface area contributed by atoms with Crippen molar-refractivity contribution in [2.75, 3.05) is 13.1 Å². The zero-order valence-electron chi connectivity index (χ0n) is 11.1. The maximum Gasteiger partial charge on any atom is 0.225 e. The number of hydrogen-bond donors (Lipinski definition) is 1. The van der Waals surface area contributed by atoms with Crippen molar-refractivity contribution in [2.24, 2.45) is 23.5 Å². The molecule has 1 saturated heterocycles. The number of carbonyl (C=O) groups excluding carboxylic acids is 1. The van der Waals surface area contributed by atoms with Crippen LogP contribution in [0, 0.1) is 17.8 Å². The van der Waals surface area contributed by atoms with Gasteiger partial charge < -0.3 is 10.6 Å². The molecule has 0 aromatic carbocycles. The first-order valence-corrected chi connectivity index (χ1v) is 7.43. The van der Waals surface area contributed by atoms with Crippen molar-refractivity contribution in [3.8, 4) is 0 Å². The van der Waals surface area contributed by atoms with Gasteiger partial charge in [0.15, 0.2) is 0 Å². The van der Waals surface area contributed by atoms with Gasteiger partial charge in [0, 0.05) is 25.0 Å². The summed E-state index contributed by atoms with van der Waals surface area (Å²) < 4.78 is 0. The van der Waals surface area contributed by atoms with Crippen LogP contribution in [0.25, 0.3) is 0 Å². The molecule has 100 valence electrons. The molecule has 2 aliphatic carbocycles. The van der Waals surface area contributed by atoms with Crippen LogP contribution >= 0.6 is 0 Å². The average molecular weight is 248 g/mol. The van der Waals surface area contributed by atoms with Crippen LogP contribution in [-0.4, -0.2) is 29.9 Å². The molecular formula is C15H24N2O. The van der Waals surface area contributed by atoms with Gasteiger partial charge in [-0.2, -0.15) is 0 Å². The molecule has 1 saturated carbocycles. The van der Waals surface area contributed by atoms with Crippen LogP contribution in [0.1, 0.15) is 38.5 Å². The fraction of sp³-hybridized carbons (Fsp3) is 0.800. The molecule has 2 N–H and O–H groups in total. The van der Waals surface area contributed by atoms with E-state index in [2.05, 4.69) is 17.1 Å². The zero-order valence-corrected chi connectivity index (χ0v) is 11.1. The lowest BCUT2D eigenvalue weighted by atomic mass is 9.85. The lowest BCUT2D eigenvalue weighted by Gasteiger charge is -2.29. The van der Waals surface area contributed by atoms with Gasteiger partial charge in [0.2, 0.25) is 5.91 Å². The van der Waals surface area contributed by atoms with Crippen LogP contribution in [0.15, 0.2) is 12.2 Å². The Morgan fingerprint density at radius 1 is 1.11 bits per heavy atom. The summed E-state index contributed by atoms with van der Waals surface area (Å²) in [6.07, 6.45) is 11.1. The highest BCUT2D eigenvalue weighted by atomic mass is 16.2. The Hall–Kier alpha value is -0.830. The third kappa shape index (κ3) is 2.33. The molecule has 3 nitrogen and oxygen atoms in total. The minimum Gasteiger partial charge on any atom is -0.342 e. The van der Waals surface area contributed by atoms with Gasteiger partial charge in [-0.25, -0.2) is 0 Å². The number of likely N-dealkylation sites (tertiary alicyclic amines) is 1. The van der Waals surface area contributed by atoms with Crippen LogP contribution < -0.4 is 5.73 Å². The van der Waals surface area contributed by atoms with Crippen LogP contribution in [0.5, 0.6) is 0 Å². The molecule has 3 aliphatic rings. The molecule has 0 aromatic rings. The van der Waals surface area contributed by atoms with Gasteiger partial charge in [-0.3, -0.25) is 4.79 Å². The Labute approximate surface area is 109 Å². The third-order valence-electron chi connectivity index (χ3n) is 5.00. The molecular weight excluding hydrogens is 224 g/mol. The Morgan fingerprint density at radius 2 is 1.78 bits per heavy atom. The van der Waals surface area contributed by atoms with Crippen LogP contribution in [0.2, 0.25) is 0 Å². The second-order valence-corrected chi connectivity index (χ2v) is 6.33. The van der Waals surface area contributed by atoms with E-state index in [0.717, 1.165) is 50.6 Å². The molecule has 0 aromatic heterocycles. The molecule has 3 rings (SSSR count). The van der Waals surface area contributed by atoms with E-state index in [9.17, 15) is 4.79 Å². The van der Waals surface area contributed by atoms with Crippen molar-refractivity contribution >= 4 is 5.91 Å². The second-order valence-electron chi connectivity index (χ2n) is 6.33. The molecule has 0 spiro atoms. The summed E-state index contributed by atoms with van der Waals surface area (Å²) in [6.45, 7) is 1.97. The van der Waals surface area contributed by atoms with Crippen molar-refractivity contribution in [1.82, 2.24) is 4.90 Å².